The van der Waals surface area contributed by atoms with Crippen molar-refractivity contribution in [3.8, 4) is 17.6 Å². The number of aliphatic imine (C=N–C) groups is 1. The molecular formula is C22H27FN4O2. The summed E-state index contributed by atoms with van der Waals surface area (Å²) < 4.78 is 24.9. The van der Waals surface area contributed by atoms with E-state index in [0.717, 1.165) is 24.3 Å². The number of ether oxygens (including phenoxy) is 2. The Morgan fingerprint density at radius 2 is 2.00 bits per heavy atom. The third kappa shape index (κ3) is 6.68. The van der Waals surface area contributed by atoms with E-state index in [4.69, 9.17) is 14.7 Å². The summed E-state index contributed by atoms with van der Waals surface area (Å²) in [5, 5.41) is 15.1. The van der Waals surface area contributed by atoms with Crippen LogP contribution in [0.2, 0.25) is 0 Å². The molecule has 0 bridgehead atoms. The minimum absolute atomic E-state index is 0.285. The number of benzene rings is 2. The summed E-state index contributed by atoms with van der Waals surface area (Å²) in [6.07, 6.45) is 1.77. The first kappa shape index (κ1) is 22.0. The second-order valence-corrected chi connectivity index (χ2v) is 6.29. The molecule has 0 amide bonds. The van der Waals surface area contributed by atoms with Gasteiger partial charge in [0.25, 0.3) is 0 Å². The molecule has 0 unspecified atom stereocenters. The molecule has 0 heterocycles. The molecule has 0 radical (unpaired) electrons. The SMILES string of the molecule is CCOc1cc(CCCNC(=NC)NCc2ccc(C#N)cc2F)ccc1OC. The fourth-order valence-corrected chi connectivity index (χ4v) is 2.80. The van der Waals surface area contributed by atoms with Crippen molar-refractivity contribution in [3.05, 3.63) is 58.9 Å². The molecule has 2 rings (SSSR count). The molecule has 0 atom stereocenters. The number of rotatable bonds is 9. The lowest BCUT2D eigenvalue weighted by molar-refractivity contribution is 0.310. The van der Waals surface area contributed by atoms with Crippen LogP contribution in [0.3, 0.4) is 0 Å². The van der Waals surface area contributed by atoms with E-state index >= 15 is 0 Å². The minimum Gasteiger partial charge on any atom is -0.493 e. The fourth-order valence-electron chi connectivity index (χ4n) is 2.80. The number of guanidine groups is 1. The van der Waals surface area contributed by atoms with Crippen molar-refractivity contribution in [2.24, 2.45) is 4.99 Å². The summed E-state index contributed by atoms with van der Waals surface area (Å²) >= 11 is 0. The Kier molecular flexibility index (Phi) is 8.77. The zero-order chi connectivity index (χ0) is 21.1. The van der Waals surface area contributed by atoms with E-state index in [1.165, 1.54) is 11.6 Å². The number of methoxy groups -OCH3 is 1. The summed E-state index contributed by atoms with van der Waals surface area (Å²) in [6.45, 7) is 3.53. The second-order valence-electron chi connectivity index (χ2n) is 6.29. The van der Waals surface area contributed by atoms with E-state index < -0.39 is 5.82 Å². The molecule has 0 spiro atoms. The monoisotopic (exact) mass is 398 g/mol. The lowest BCUT2D eigenvalue weighted by Crippen LogP contribution is -2.37. The van der Waals surface area contributed by atoms with E-state index in [1.54, 1.807) is 26.3 Å². The van der Waals surface area contributed by atoms with Crippen molar-refractivity contribution < 1.29 is 13.9 Å². The van der Waals surface area contributed by atoms with Gasteiger partial charge in [-0.15, -0.1) is 0 Å². The molecule has 2 aromatic carbocycles. The van der Waals surface area contributed by atoms with Crippen molar-refractivity contribution in [2.45, 2.75) is 26.3 Å². The van der Waals surface area contributed by atoms with Crippen molar-refractivity contribution in [1.82, 2.24) is 10.6 Å². The normalized spacial score (nSPS) is 10.9. The first-order valence-corrected chi connectivity index (χ1v) is 9.54. The number of hydrogen-bond donors (Lipinski definition) is 2. The number of nitriles is 1. The van der Waals surface area contributed by atoms with Crippen molar-refractivity contribution in [2.75, 3.05) is 27.3 Å². The van der Waals surface area contributed by atoms with E-state index in [2.05, 4.69) is 15.6 Å². The Morgan fingerprint density at radius 3 is 2.66 bits per heavy atom. The maximum absolute atomic E-state index is 14.0. The quantitative estimate of drug-likeness (QED) is 0.385. The largest absolute Gasteiger partial charge is 0.493 e. The van der Waals surface area contributed by atoms with Crippen LogP contribution in [0.25, 0.3) is 0 Å². The summed E-state index contributed by atoms with van der Waals surface area (Å²) in [4.78, 5) is 4.16. The smallest absolute Gasteiger partial charge is 0.191 e. The molecule has 154 valence electrons. The van der Waals surface area contributed by atoms with Gasteiger partial charge in [0.15, 0.2) is 17.5 Å². The van der Waals surface area contributed by atoms with Crippen molar-refractivity contribution in [3.63, 3.8) is 0 Å². The highest BCUT2D eigenvalue weighted by atomic mass is 19.1. The summed E-state index contributed by atoms with van der Waals surface area (Å²) in [5.41, 5.74) is 1.95. The van der Waals surface area contributed by atoms with Gasteiger partial charge >= 0.3 is 0 Å². The summed E-state index contributed by atoms with van der Waals surface area (Å²) in [7, 11) is 3.30. The van der Waals surface area contributed by atoms with Crippen LogP contribution < -0.4 is 20.1 Å². The highest BCUT2D eigenvalue weighted by Gasteiger charge is 2.07. The van der Waals surface area contributed by atoms with Crippen LogP contribution >= 0.6 is 0 Å². The number of aryl methyl sites for hydroxylation is 1. The van der Waals surface area contributed by atoms with E-state index in [1.807, 2.05) is 31.2 Å². The molecule has 0 aliphatic rings. The predicted octanol–water partition coefficient (Wildman–Crippen LogP) is 3.40. The molecule has 0 aliphatic carbocycles. The minimum atomic E-state index is -0.406. The van der Waals surface area contributed by atoms with Gasteiger partial charge in [-0.05, 0) is 49.6 Å². The van der Waals surface area contributed by atoms with Gasteiger partial charge in [0, 0.05) is 25.7 Å². The zero-order valence-corrected chi connectivity index (χ0v) is 17.1. The third-order valence-electron chi connectivity index (χ3n) is 4.31. The van der Waals surface area contributed by atoms with E-state index in [0.29, 0.717) is 30.2 Å². The molecule has 0 aromatic heterocycles. The molecule has 29 heavy (non-hydrogen) atoms. The summed E-state index contributed by atoms with van der Waals surface area (Å²) in [6, 6.07) is 12.3. The predicted molar refractivity (Wildman–Crippen MR) is 112 cm³/mol. The molecule has 7 heteroatoms. The van der Waals surface area contributed by atoms with Gasteiger partial charge in [-0.1, -0.05) is 12.1 Å². The Labute approximate surface area is 171 Å². The molecule has 0 fully saturated rings. The first-order valence-electron chi connectivity index (χ1n) is 9.54. The number of halogens is 1. The van der Waals surface area contributed by atoms with Crippen LogP contribution in [0.1, 0.15) is 30.0 Å². The highest BCUT2D eigenvalue weighted by Crippen LogP contribution is 2.28. The molecule has 6 nitrogen and oxygen atoms in total. The second kappa shape index (κ2) is 11.5. The Hall–Kier alpha value is -3.27. The van der Waals surface area contributed by atoms with Gasteiger partial charge in [-0.25, -0.2) is 4.39 Å². The topological polar surface area (TPSA) is 78.7 Å². The molecular weight excluding hydrogens is 371 g/mol. The maximum Gasteiger partial charge on any atom is 0.191 e. The van der Waals surface area contributed by atoms with Gasteiger partial charge in [0.05, 0.1) is 25.3 Å². The van der Waals surface area contributed by atoms with Gasteiger partial charge < -0.3 is 20.1 Å². The first-order chi connectivity index (χ1) is 14.1. The van der Waals surface area contributed by atoms with Crippen molar-refractivity contribution in [1.29, 1.82) is 5.26 Å². The van der Waals surface area contributed by atoms with Crippen LogP contribution in [0, 0.1) is 17.1 Å². The van der Waals surface area contributed by atoms with Gasteiger partial charge in [0.2, 0.25) is 0 Å². The Morgan fingerprint density at radius 1 is 1.17 bits per heavy atom. The van der Waals surface area contributed by atoms with Crippen LogP contribution in [-0.2, 0) is 13.0 Å². The van der Waals surface area contributed by atoms with E-state index in [9.17, 15) is 4.39 Å². The van der Waals surface area contributed by atoms with Gasteiger partial charge in [0.1, 0.15) is 5.82 Å². The lowest BCUT2D eigenvalue weighted by atomic mass is 10.1. The highest BCUT2D eigenvalue weighted by molar-refractivity contribution is 5.79. The van der Waals surface area contributed by atoms with Crippen LogP contribution in [0.5, 0.6) is 11.5 Å². The van der Waals surface area contributed by atoms with Gasteiger partial charge in [-0.2, -0.15) is 5.26 Å². The average Bonchev–Trinajstić information content (AvgIpc) is 2.74. The van der Waals surface area contributed by atoms with Gasteiger partial charge in [-0.3, -0.25) is 4.99 Å². The molecule has 0 saturated carbocycles. The lowest BCUT2D eigenvalue weighted by Gasteiger charge is -2.13. The Bertz CT molecular complexity index is 878. The summed E-state index contributed by atoms with van der Waals surface area (Å²) in [5.74, 6) is 1.67. The van der Waals surface area contributed by atoms with Crippen LogP contribution in [0.4, 0.5) is 4.39 Å². The standard InChI is InChI=1S/C22H27FN4O2/c1-4-29-21-13-16(8-10-20(21)28-3)6-5-11-26-22(25-2)27-15-18-9-7-17(14-24)12-19(18)23/h7-10,12-13H,4-6,11,15H2,1-3H3,(H2,25,26,27). The molecule has 2 N–H and O–H groups in total. The number of nitrogens with one attached hydrogen (secondary N) is 2. The Balaban J connectivity index is 1.80. The fraction of sp³-hybridized carbons (Fsp3) is 0.364. The third-order valence-corrected chi connectivity index (χ3v) is 4.31. The van der Waals surface area contributed by atoms with Crippen LogP contribution in [-0.4, -0.2) is 33.3 Å². The average molecular weight is 398 g/mol. The number of nitrogens with zero attached hydrogens (tertiary/aromatic N) is 2. The van der Waals surface area contributed by atoms with Crippen LogP contribution in [0.15, 0.2) is 41.4 Å². The van der Waals surface area contributed by atoms with Crippen molar-refractivity contribution >= 4 is 5.96 Å². The number of hydrogen-bond acceptors (Lipinski definition) is 4. The van der Waals surface area contributed by atoms with E-state index in [-0.39, 0.29) is 6.54 Å². The zero-order valence-electron chi connectivity index (χ0n) is 17.1. The molecule has 0 saturated heterocycles. The molecule has 0 aliphatic heterocycles. The molecule has 2 aromatic rings. The maximum atomic E-state index is 14.0.